The highest BCUT2D eigenvalue weighted by molar-refractivity contribution is 14.1. The Balaban J connectivity index is 1.62. The summed E-state index contributed by atoms with van der Waals surface area (Å²) >= 11 is 2.33. The molecule has 1 aliphatic carbocycles. The van der Waals surface area contributed by atoms with Crippen LogP contribution in [-0.2, 0) is 27.2 Å². The van der Waals surface area contributed by atoms with Gasteiger partial charge in [-0.1, -0.05) is 67.5 Å². The number of aliphatic hydroxyl groups excluding tert-OH is 1. The van der Waals surface area contributed by atoms with Crippen molar-refractivity contribution in [1.29, 1.82) is 0 Å². The number of amides is 2. The van der Waals surface area contributed by atoms with Crippen molar-refractivity contribution < 1.29 is 33.8 Å². The minimum absolute atomic E-state index is 0.0154. The van der Waals surface area contributed by atoms with Gasteiger partial charge in [0.2, 0.25) is 0 Å². The molecule has 13 heteroatoms. The van der Waals surface area contributed by atoms with Gasteiger partial charge in [-0.3, -0.25) is 14.6 Å². The number of carboxylic acid groups (broad SMARTS) is 1. The first-order valence-electron chi connectivity index (χ1n) is 19.6. The van der Waals surface area contributed by atoms with E-state index >= 15 is 0 Å². The first-order chi connectivity index (χ1) is 25.5. The average Bonchev–Trinajstić information content (AvgIpc) is 3.81. The molecule has 2 aliphatic rings. The molecule has 2 aromatic carbocycles. The summed E-state index contributed by atoms with van der Waals surface area (Å²) in [5, 5.41) is 25.3. The van der Waals surface area contributed by atoms with E-state index in [1.165, 1.54) is 5.01 Å². The van der Waals surface area contributed by atoms with Crippen molar-refractivity contribution in [2.75, 3.05) is 13.2 Å². The second kappa shape index (κ2) is 16.4. The number of H-pyrrole nitrogens is 1. The van der Waals surface area contributed by atoms with Crippen LogP contribution in [0, 0.1) is 21.0 Å². The largest absolute Gasteiger partial charge is 0.543 e. The molecule has 0 bridgehead atoms. The number of alkyl carbamates (subject to hydrolysis) is 1. The van der Waals surface area contributed by atoms with Gasteiger partial charge in [-0.15, -0.1) is 0 Å². The number of ether oxygens (including phenoxy) is 1. The highest BCUT2D eigenvalue weighted by atomic mass is 127. The molecule has 3 aromatic rings. The van der Waals surface area contributed by atoms with Crippen molar-refractivity contribution in [3.63, 3.8) is 0 Å². The summed E-state index contributed by atoms with van der Waals surface area (Å²) in [6, 6.07) is 10.5. The zero-order valence-corrected chi connectivity index (χ0v) is 37.5. The lowest BCUT2D eigenvalue weighted by Gasteiger charge is -2.42. The van der Waals surface area contributed by atoms with Gasteiger partial charge in [0.25, 0.3) is 14.2 Å². The number of carbonyl (C=O) groups is 3. The van der Waals surface area contributed by atoms with E-state index < -0.39 is 44.0 Å². The lowest BCUT2D eigenvalue weighted by Crippen LogP contribution is -2.61. The molecule has 302 valence electrons. The molecule has 0 spiro atoms. The smallest absolute Gasteiger partial charge is 0.408 e. The molecular formula is C42H61IN4O7Si. The molecule has 1 aromatic heterocycles. The van der Waals surface area contributed by atoms with Gasteiger partial charge >= 0.3 is 12.1 Å². The van der Waals surface area contributed by atoms with E-state index in [0.29, 0.717) is 35.3 Å². The van der Waals surface area contributed by atoms with E-state index in [2.05, 4.69) is 118 Å². The predicted molar refractivity (Wildman–Crippen MR) is 227 cm³/mol. The Morgan fingerprint density at radius 1 is 0.982 bits per heavy atom. The zero-order chi connectivity index (χ0) is 40.8. The van der Waals surface area contributed by atoms with Crippen molar-refractivity contribution in [3.05, 3.63) is 51.2 Å². The van der Waals surface area contributed by atoms with Gasteiger partial charge in [-0.25, -0.2) is 10.2 Å². The Morgan fingerprint density at radius 2 is 1.64 bits per heavy atom. The summed E-state index contributed by atoms with van der Waals surface area (Å²) in [5.74, 6) is -0.630. The summed E-state index contributed by atoms with van der Waals surface area (Å²) in [6.07, 6.45) is 0.815. The minimum atomic E-state index is -2.42. The number of aliphatic carboxylic acids is 1. The van der Waals surface area contributed by atoms with Crippen LogP contribution in [-0.4, -0.2) is 77.3 Å². The predicted octanol–water partition coefficient (Wildman–Crippen LogP) is 8.43. The zero-order valence-electron chi connectivity index (χ0n) is 34.3. The second-order valence-electron chi connectivity index (χ2n) is 18.4. The molecule has 4 atom stereocenters. The highest BCUT2D eigenvalue weighted by Gasteiger charge is 2.52. The number of benzene rings is 2. The third-order valence-electron chi connectivity index (χ3n) is 11.3. The fourth-order valence-corrected chi connectivity index (χ4v) is 14.6. The Labute approximate surface area is 340 Å². The molecule has 55 heavy (non-hydrogen) atoms. The van der Waals surface area contributed by atoms with Crippen LogP contribution in [0.2, 0.25) is 16.6 Å². The Bertz CT molecular complexity index is 1880. The Morgan fingerprint density at radius 3 is 2.22 bits per heavy atom. The number of aliphatic hydroxyl groups is 1. The second-order valence-corrected chi connectivity index (χ2v) is 24.9. The average molecular weight is 889 g/mol. The van der Waals surface area contributed by atoms with Gasteiger partial charge in [-0.2, -0.15) is 0 Å². The number of carboxylic acids is 1. The number of carbonyl (C=O) groups excluding carboxylic acids is 2. The molecule has 5 N–H and O–H groups in total. The quantitative estimate of drug-likeness (QED) is 0.0800. The number of nitrogens with zero attached hydrogens (tertiary/aromatic N) is 1. The number of hydrogen-bond acceptors (Lipinski definition) is 7. The van der Waals surface area contributed by atoms with Gasteiger partial charge in [0.1, 0.15) is 23.4 Å². The molecule has 1 aliphatic heterocycles. The molecule has 2 unspecified atom stereocenters. The number of hydrogen-bond donors (Lipinski definition) is 5. The van der Waals surface area contributed by atoms with E-state index in [1.54, 1.807) is 20.8 Å². The summed E-state index contributed by atoms with van der Waals surface area (Å²) < 4.78 is 13.9. The number of rotatable bonds is 14. The molecule has 5 rings (SSSR count). The topological polar surface area (TPSA) is 153 Å². The van der Waals surface area contributed by atoms with Crippen molar-refractivity contribution in [3.8, 4) is 16.9 Å². The van der Waals surface area contributed by atoms with Gasteiger partial charge in [0, 0.05) is 30.5 Å². The minimum Gasteiger partial charge on any atom is -0.543 e. The maximum atomic E-state index is 14.4. The van der Waals surface area contributed by atoms with Crippen LogP contribution in [0.4, 0.5) is 4.79 Å². The fourth-order valence-electron chi connectivity index (χ4n) is 8.57. The molecular weight excluding hydrogens is 827 g/mol. The van der Waals surface area contributed by atoms with Crippen LogP contribution < -0.4 is 15.2 Å². The standard InChI is InChI=1S/C42H61IN4O7Si/c1-23(2)55(24(3)4,25(5)6)54-30-15-26(14-28(17-30)27-12-13-34-32(18-27)33(37(43)44-34)20-42(10,11)22-48)16-35(45-40(52)53-41(7,8)9)38(49)47-21-29-19-31(29)36(46-47)39(50)51/h12-15,17-18,23-25,29,31,35-36,44,46,48H,16,19-22H2,1-11H3,(H,45,52)(H,50,51)/t29?,31?,35-,36-/m0/s1. The number of fused-ring (bicyclic) bond motifs is 2. The lowest BCUT2D eigenvalue weighted by atomic mass is 9.86. The number of hydrazine groups is 1. The van der Waals surface area contributed by atoms with Crippen LogP contribution in [0.3, 0.4) is 0 Å². The highest BCUT2D eigenvalue weighted by Crippen LogP contribution is 2.45. The van der Waals surface area contributed by atoms with Crippen molar-refractivity contribution in [2.45, 2.75) is 130 Å². The number of halogens is 1. The van der Waals surface area contributed by atoms with Crippen LogP contribution >= 0.6 is 22.6 Å². The summed E-state index contributed by atoms with van der Waals surface area (Å²) in [6.45, 7) is 23.3. The first-order valence-corrected chi connectivity index (χ1v) is 22.8. The Kier molecular flexibility index (Phi) is 12.8. The molecule has 1 saturated carbocycles. The number of aromatic amines is 1. The summed E-state index contributed by atoms with van der Waals surface area (Å²) in [7, 11) is -2.42. The van der Waals surface area contributed by atoms with E-state index in [0.717, 1.165) is 43.3 Å². The SMILES string of the molecule is CC(C)[Si](Oc1cc(C[C@H](NC(=O)OC(C)(C)C)C(=O)N2CC3CC3[C@@H](C(=O)O)N2)cc(-c2ccc3[nH]c(I)c(CC(C)(C)CO)c3c2)c1)(C(C)C)C(C)C. The van der Waals surface area contributed by atoms with Gasteiger partial charge in [0.15, 0.2) is 0 Å². The van der Waals surface area contributed by atoms with Crippen molar-refractivity contribution >= 4 is 59.8 Å². The van der Waals surface area contributed by atoms with E-state index in [-0.39, 0.29) is 30.3 Å². The molecule has 0 radical (unpaired) electrons. The summed E-state index contributed by atoms with van der Waals surface area (Å²) in [4.78, 5) is 43.2. The number of aromatic nitrogens is 1. The van der Waals surface area contributed by atoms with Crippen LogP contribution in [0.1, 0.15) is 93.7 Å². The fraction of sp³-hybridized carbons (Fsp3) is 0.595. The lowest BCUT2D eigenvalue weighted by molar-refractivity contribution is -0.148. The van der Waals surface area contributed by atoms with Gasteiger partial charge in [0.05, 0.1) is 3.70 Å². The van der Waals surface area contributed by atoms with E-state index in [1.807, 2.05) is 12.1 Å². The maximum absolute atomic E-state index is 14.4. The summed E-state index contributed by atoms with van der Waals surface area (Å²) in [5.41, 5.74) is 7.61. The molecule has 1 saturated heterocycles. The number of nitrogens with one attached hydrogen (secondary N) is 3. The van der Waals surface area contributed by atoms with Crippen LogP contribution in [0.25, 0.3) is 22.0 Å². The third-order valence-corrected chi connectivity index (χ3v) is 18.2. The maximum Gasteiger partial charge on any atom is 0.408 e. The van der Waals surface area contributed by atoms with Gasteiger partial charge < -0.3 is 29.7 Å². The first kappa shape index (κ1) is 43.0. The molecule has 2 heterocycles. The van der Waals surface area contributed by atoms with Crippen LogP contribution in [0.5, 0.6) is 5.75 Å². The van der Waals surface area contributed by atoms with E-state index in [4.69, 9.17) is 9.16 Å². The van der Waals surface area contributed by atoms with Crippen LogP contribution in [0.15, 0.2) is 36.4 Å². The molecule has 11 nitrogen and oxygen atoms in total. The monoisotopic (exact) mass is 888 g/mol. The van der Waals surface area contributed by atoms with E-state index in [9.17, 15) is 24.6 Å². The normalized spacial score (nSPS) is 19.5. The Hall–Kier alpha value is -3.14. The third kappa shape index (κ3) is 9.70. The molecule has 2 fully saturated rings. The molecule has 2 amide bonds. The van der Waals surface area contributed by atoms with Crippen molar-refractivity contribution in [2.24, 2.45) is 17.3 Å². The van der Waals surface area contributed by atoms with Crippen molar-refractivity contribution in [1.82, 2.24) is 20.7 Å². The van der Waals surface area contributed by atoms with Gasteiger partial charge in [-0.05, 0) is 137 Å².